The number of aromatic hydroxyl groups is 1. The Morgan fingerprint density at radius 2 is 1.89 bits per heavy atom. The number of imide groups is 1. The lowest BCUT2D eigenvalue weighted by atomic mass is 9.68. The Morgan fingerprint density at radius 3 is 2.49 bits per heavy atom. The standard InChI is InChI=1S/C30H37NO5S/c1-5-20(14-21-11-18(3)28(34)19(4)12-21)8-9-25(33)26-17(2)13-23-27(24(26)16-32)30(36)31(29(23)35)15-22-7-6-10-37-22/h6-7,10-12,14,23-25,27,32-34H,5,8-9,13,15-16H2,1-4H3/b20-14+/t23-,24+,25-,27-/m1/s1. The van der Waals surface area contributed by atoms with Crippen molar-refractivity contribution in [2.45, 2.75) is 66.0 Å². The van der Waals surface area contributed by atoms with Crippen LogP contribution < -0.4 is 0 Å². The average Bonchev–Trinajstić information content (AvgIpc) is 3.46. The number of amides is 2. The molecule has 4 atom stereocenters. The fraction of sp³-hybridized carbons (Fsp3) is 0.467. The lowest BCUT2D eigenvalue weighted by molar-refractivity contribution is -0.140. The number of benzene rings is 1. The van der Waals surface area contributed by atoms with Gasteiger partial charge in [-0.1, -0.05) is 30.2 Å². The Balaban J connectivity index is 1.51. The number of rotatable bonds is 9. The maximum Gasteiger partial charge on any atom is 0.234 e. The van der Waals surface area contributed by atoms with Gasteiger partial charge in [0, 0.05) is 10.8 Å². The van der Waals surface area contributed by atoms with Crippen molar-refractivity contribution in [3.05, 3.63) is 67.9 Å². The van der Waals surface area contributed by atoms with Gasteiger partial charge in [-0.05, 0) is 92.3 Å². The highest BCUT2D eigenvalue weighted by atomic mass is 32.1. The minimum atomic E-state index is -0.800. The van der Waals surface area contributed by atoms with E-state index in [9.17, 15) is 24.9 Å². The van der Waals surface area contributed by atoms with E-state index in [1.807, 2.05) is 50.4 Å². The lowest BCUT2D eigenvalue weighted by Gasteiger charge is -2.35. The van der Waals surface area contributed by atoms with Gasteiger partial charge in [-0.3, -0.25) is 14.5 Å². The van der Waals surface area contributed by atoms with Crippen molar-refractivity contribution in [2.24, 2.45) is 17.8 Å². The molecule has 1 aromatic carbocycles. The van der Waals surface area contributed by atoms with Gasteiger partial charge < -0.3 is 15.3 Å². The second-order valence-corrected chi connectivity index (χ2v) is 11.4. The molecular weight excluding hydrogens is 486 g/mol. The summed E-state index contributed by atoms with van der Waals surface area (Å²) in [5.74, 6) is -1.78. The van der Waals surface area contributed by atoms with Gasteiger partial charge in [-0.15, -0.1) is 11.3 Å². The van der Waals surface area contributed by atoms with Crippen LogP contribution in [0.25, 0.3) is 6.08 Å². The third kappa shape index (κ3) is 5.44. The first-order valence-electron chi connectivity index (χ1n) is 13.0. The SMILES string of the molecule is CC/C(=C\c1cc(C)c(O)c(C)c1)CC[C@@H](O)C1=C(C)C[C@H]2C(=O)N(Cc3cccs3)C(=O)[C@H]2[C@H]1CO. The van der Waals surface area contributed by atoms with E-state index >= 15 is 0 Å². The second-order valence-electron chi connectivity index (χ2n) is 10.4. The number of nitrogens with zero attached hydrogens (tertiary/aromatic N) is 1. The van der Waals surface area contributed by atoms with Crippen molar-refractivity contribution >= 4 is 29.2 Å². The van der Waals surface area contributed by atoms with Gasteiger partial charge in [0.05, 0.1) is 31.1 Å². The molecule has 0 unspecified atom stereocenters. The summed E-state index contributed by atoms with van der Waals surface area (Å²) in [5.41, 5.74) is 5.46. The number of aryl methyl sites for hydroxylation is 2. The van der Waals surface area contributed by atoms with E-state index in [0.29, 0.717) is 25.0 Å². The number of aliphatic hydroxyl groups excluding tert-OH is 2. The molecule has 3 N–H and O–H groups in total. The Labute approximate surface area is 223 Å². The average molecular weight is 524 g/mol. The van der Waals surface area contributed by atoms with Gasteiger partial charge in [0.1, 0.15) is 5.75 Å². The third-order valence-electron chi connectivity index (χ3n) is 7.95. The number of aliphatic hydroxyl groups is 2. The second kappa shape index (κ2) is 11.3. The summed E-state index contributed by atoms with van der Waals surface area (Å²) < 4.78 is 0. The molecule has 1 aliphatic heterocycles. The quantitative estimate of drug-likeness (QED) is 0.313. The van der Waals surface area contributed by atoms with Crippen molar-refractivity contribution in [1.29, 1.82) is 0 Å². The number of likely N-dealkylation sites (tertiary alicyclic amines) is 1. The predicted molar refractivity (Wildman–Crippen MR) is 146 cm³/mol. The van der Waals surface area contributed by atoms with Crippen molar-refractivity contribution in [3.63, 3.8) is 0 Å². The van der Waals surface area contributed by atoms with Crippen LogP contribution in [0.15, 0.2) is 46.4 Å². The highest BCUT2D eigenvalue weighted by Gasteiger charge is 2.54. The number of carbonyl (C=O) groups is 2. The molecule has 1 aromatic heterocycles. The summed E-state index contributed by atoms with van der Waals surface area (Å²) >= 11 is 1.51. The minimum absolute atomic E-state index is 0.176. The van der Waals surface area contributed by atoms with Crippen molar-refractivity contribution in [2.75, 3.05) is 6.61 Å². The maximum absolute atomic E-state index is 13.4. The Morgan fingerprint density at radius 1 is 1.19 bits per heavy atom. The van der Waals surface area contributed by atoms with Crippen LogP contribution in [0.3, 0.4) is 0 Å². The van der Waals surface area contributed by atoms with Crippen LogP contribution >= 0.6 is 11.3 Å². The molecule has 2 amide bonds. The monoisotopic (exact) mass is 523 g/mol. The number of phenolic OH excluding ortho intramolecular Hbond substituents is 1. The van der Waals surface area contributed by atoms with Gasteiger partial charge in [0.25, 0.3) is 0 Å². The highest BCUT2D eigenvalue weighted by Crippen LogP contribution is 2.46. The summed E-state index contributed by atoms with van der Waals surface area (Å²) in [4.78, 5) is 28.8. The van der Waals surface area contributed by atoms with Crippen molar-refractivity contribution < 1.29 is 24.9 Å². The van der Waals surface area contributed by atoms with E-state index in [4.69, 9.17) is 0 Å². The van der Waals surface area contributed by atoms with Crippen LogP contribution in [0.4, 0.5) is 0 Å². The molecule has 0 radical (unpaired) electrons. The van der Waals surface area contributed by atoms with E-state index in [1.165, 1.54) is 21.8 Å². The molecule has 1 aliphatic carbocycles. The summed E-state index contributed by atoms with van der Waals surface area (Å²) in [6.45, 7) is 7.74. The van der Waals surface area contributed by atoms with E-state index in [1.54, 1.807) is 0 Å². The van der Waals surface area contributed by atoms with Crippen LogP contribution in [0.2, 0.25) is 0 Å². The van der Waals surface area contributed by atoms with E-state index in [-0.39, 0.29) is 25.0 Å². The van der Waals surface area contributed by atoms with Gasteiger partial charge >= 0.3 is 0 Å². The molecule has 198 valence electrons. The summed E-state index contributed by atoms with van der Waals surface area (Å²) in [6, 6.07) is 7.72. The molecule has 37 heavy (non-hydrogen) atoms. The molecule has 0 saturated carbocycles. The Kier molecular flexibility index (Phi) is 8.36. The number of phenols is 1. The maximum atomic E-state index is 13.4. The largest absolute Gasteiger partial charge is 0.507 e. The zero-order valence-electron chi connectivity index (χ0n) is 22.0. The Hall–Kier alpha value is -2.74. The smallest absolute Gasteiger partial charge is 0.234 e. The lowest BCUT2D eigenvalue weighted by Crippen LogP contribution is -2.38. The van der Waals surface area contributed by atoms with Crippen molar-refractivity contribution in [3.8, 4) is 5.75 Å². The number of hydrogen-bond acceptors (Lipinski definition) is 6. The molecular formula is C30H37NO5S. The highest BCUT2D eigenvalue weighted by molar-refractivity contribution is 7.09. The molecule has 0 spiro atoms. The third-order valence-corrected chi connectivity index (χ3v) is 8.81. The first-order valence-corrected chi connectivity index (χ1v) is 13.9. The van der Waals surface area contributed by atoms with Gasteiger partial charge in [-0.2, -0.15) is 0 Å². The van der Waals surface area contributed by atoms with Crippen LogP contribution in [0, 0.1) is 31.6 Å². The summed E-state index contributed by atoms with van der Waals surface area (Å²) in [7, 11) is 0. The molecule has 1 saturated heterocycles. The fourth-order valence-electron chi connectivity index (χ4n) is 6.03. The van der Waals surface area contributed by atoms with Crippen LogP contribution in [-0.2, 0) is 16.1 Å². The van der Waals surface area contributed by atoms with Gasteiger partial charge in [-0.25, -0.2) is 0 Å². The van der Waals surface area contributed by atoms with Gasteiger partial charge in [0.2, 0.25) is 11.8 Å². The van der Waals surface area contributed by atoms with Crippen LogP contribution in [-0.4, -0.2) is 44.7 Å². The molecule has 2 heterocycles. The molecule has 4 rings (SSSR count). The number of allylic oxidation sites excluding steroid dienone is 2. The Bertz CT molecular complexity index is 1210. The molecule has 0 bridgehead atoms. The normalized spacial score (nSPS) is 23.1. The van der Waals surface area contributed by atoms with Crippen LogP contribution in [0.1, 0.15) is 61.1 Å². The van der Waals surface area contributed by atoms with Crippen molar-refractivity contribution in [1.82, 2.24) is 4.90 Å². The van der Waals surface area contributed by atoms with E-state index in [2.05, 4.69) is 13.0 Å². The molecule has 1 fully saturated rings. The summed E-state index contributed by atoms with van der Waals surface area (Å²) in [6.07, 6.45) is 3.69. The van der Waals surface area contributed by atoms with E-state index < -0.39 is 23.9 Å². The first-order chi connectivity index (χ1) is 17.7. The first kappa shape index (κ1) is 27.3. The molecule has 6 nitrogen and oxygen atoms in total. The topological polar surface area (TPSA) is 98.1 Å². The molecule has 7 heteroatoms. The summed E-state index contributed by atoms with van der Waals surface area (Å²) in [5, 5.41) is 33.6. The molecule has 2 aliphatic rings. The minimum Gasteiger partial charge on any atom is -0.507 e. The zero-order chi connectivity index (χ0) is 26.9. The van der Waals surface area contributed by atoms with Crippen LogP contribution in [0.5, 0.6) is 5.75 Å². The predicted octanol–water partition coefficient (Wildman–Crippen LogP) is 5.14. The number of thiophene rings is 1. The number of fused-ring (bicyclic) bond motifs is 1. The fourth-order valence-corrected chi connectivity index (χ4v) is 6.73. The van der Waals surface area contributed by atoms with Gasteiger partial charge in [0.15, 0.2) is 0 Å². The molecule has 2 aromatic rings. The van der Waals surface area contributed by atoms with E-state index in [0.717, 1.165) is 39.1 Å². The number of hydrogen-bond donors (Lipinski definition) is 3. The number of carbonyl (C=O) groups excluding carboxylic acids is 2. The zero-order valence-corrected chi connectivity index (χ0v) is 22.8.